The van der Waals surface area contributed by atoms with Gasteiger partial charge in [-0.15, -0.1) is 0 Å². The van der Waals surface area contributed by atoms with E-state index in [0.717, 1.165) is 25.8 Å². The zero-order chi connectivity index (χ0) is 12.3. The van der Waals surface area contributed by atoms with E-state index in [4.69, 9.17) is 0 Å². The van der Waals surface area contributed by atoms with Gasteiger partial charge in [0.05, 0.1) is 0 Å². The number of carbonyl (C=O) groups excluding carboxylic acids is 1. The Hall–Kier alpha value is -1.31. The molecule has 0 spiro atoms. The van der Waals surface area contributed by atoms with Crippen molar-refractivity contribution >= 4 is 5.91 Å². The molecule has 2 nitrogen and oxygen atoms in total. The fraction of sp³-hybridized carbons (Fsp3) is 0.533. The molecule has 1 amide bonds. The van der Waals surface area contributed by atoms with E-state index < -0.39 is 0 Å². The third-order valence-electron chi connectivity index (χ3n) is 3.56. The molecule has 2 heteroatoms. The number of hydrogen-bond donors (Lipinski definition) is 0. The zero-order valence-corrected chi connectivity index (χ0v) is 10.7. The Morgan fingerprint density at radius 3 is 2.71 bits per heavy atom. The second kappa shape index (κ2) is 5.35. The van der Waals surface area contributed by atoms with Gasteiger partial charge in [-0.25, -0.2) is 0 Å². The lowest BCUT2D eigenvalue weighted by molar-refractivity contribution is -0.131. The van der Waals surface area contributed by atoms with Crippen LogP contribution in [0.5, 0.6) is 0 Å². The van der Waals surface area contributed by atoms with Gasteiger partial charge in [0.25, 0.3) is 0 Å². The summed E-state index contributed by atoms with van der Waals surface area (Å²) in [6.45, 7) is 3.05. The van der Waals surface area contributed by atoms with Crippen molar-refractivity contribution in [1.29, 1.82) is 0 Å². The number of unbranched alkanes of at least 4 members (excludes halogenated alkanes) is 1. The summed E-state index contributed by atoms with van der Waals surface area (Å²) in [5.74, 6) is 1.03. The molecule has 17 heavy (non-hydrogen) atoms. The first-order valence-corrected chi connectivity index (χ1v) is 6.54. The Morgan fingerprint density at radius 2 is 2.06 bits per heavy atom. The normalized spacial score (nSPS) is 22.2. The standard InChI is InChI=1S/C15H21NO/c1-3-4-10-16(2)15(17)14-11-13(14)12-8-6-5-7-9-12/h5-9,13-14H,3-4,10-11H2,1-2H3. The minimum Gasteiger partial charge on any atom is -0.346 e. The summed E-state index contributed by atoms with van der Waals surface area (Å²) in [6, 6.07) is 10.4. The van der Waals surface area contributed by atoms with Gasteiger partial charge in [0.1, 0.15) is 0 Å². The van der Waals surface area contributed by atoms with Gasteiger partial charge in [-0.05, 0) is 24.3 Å². The van der Waals surface area contributed by atoms with Gasteiger partial charge < -0.3 is 4.90 Å². The van der Waals surface area contributed by atoms with Crippen molar-refractivity contribution in [2.75, 3.05) is 13.6 Å². The molecule has 0 N–H and O–H groups in total. The van der Waals surface area contributed by atoms with Crippen LogP contribution in [0.1, 0.15) is 37.7 Å². The van der Waals surface area contributed by atoms with Gasteiger partial charge in [0, 0.05) is 19.5 Å². The van der Waals surface area contributed by atoms with E-state index >= 15 is 0 Å². The topological polar surface area (TPSA) is 20.3 Å². The molecule has 0 aromatic heterocycles. The molecule has 2 unspecified atom stereocenters. The first-order valence-electron chi connectivity index (χ1n) is 6.54. The lowest BCUT2D eigenvalue weighted by atomic mass is 10.1. The SMILES string of the molecule is CCCCN(C)C(=O)C1CC1c1ccccc1. The van der Waals surface area contributed by atoms with Crippen LogP contribution in [0.2, 0.25) is 0 Å². The number of hydrogen-bond acceptors (Lipinski definition) is 1. The lowest BCUT2D eigenvalue weighted by Gasteiger charge is -2.16. The van der Waals surface area contributed by atoms with E-state index in [-0.39, 0.29) is 5.92 Å². The van der Waals surface area contributed by atoms with Crippen LogP contribution in [0.3, 0.4) is 0 Å². The minimum atomic E-state index is 0.235. The highest BCUT2D eigenvalue weighted by Gasteiger charge is 2.44. The molecule has 1 saturated carbocycles. The molecule has 92 valence electrons. The molecule has 1 aromatic carbocycles. The van der Waals surface area contributed by atoms with E-state index in [1.807, 2.05) is 18.0 Å². The monoisotopic (exact) mass is 231 g/mol. The highest BCUT2D eigenvalue weighted by atomic mass is 16.2. The van der Waals surface area contributed by atoms with Crippen molar-refractivity contribution in [2.24, 2.45) is 5.92 Å². The fourth-order valence-corrected chi connectivity index (χ4v) is 2.33. The van der Waals surface area contributed by atoms with Gasteiger partial charge in [0.2, 0.25) is 5.91 Å². The Kier molecular flexibility index (Phi) is 3.82. The molecule has 0 radical (unpaired) electrons. The lowest BCUT2D eigenvalue weighted by Crippen LogP contribution is -2.29. The van der Waals surface area contributed by atoms with Crippen LogP contribution in [0, 0.1) is 5.92 Å². The molecule has 0 saturated heterocycles. The highest BCUT2D eigenvalue weighted by Crippen LogP contribution is 2.48. The maximum Gasteiger partial charge on any atom is 0.226 e. The molecule has 1 aromatic rings. The quantitative estimate of drug-likeness (QED) is 0.762. The number of rotatable bonds is 5. The van der Waals surface area contributed by atoms with E-state index in [9.17, 15) is 4.79 Å². The molecule has 0 bridgehead atoms. The number of carbonyl (C=O) groups is 1. The maximum absolute atomic E-state index is 12.1. The van der Waals surface area contributed by atoms with Crippen molar-refractivity contribution < 1.29 is 4.79 Å². The van der Waals surface area contributed by atoms with Crippen molar-refractivity contribution in [3.63, 3.8) is 0 Å². The second-order valence-electron chi connectivity index (χ2n) is 4.97. The number of nitrogens with zero attached hydrogens (tertiary/aromatic N) is 1. The van der Waals surface area contributed by atoms with Crippen LogP contribution in [-0.2, 0) is 4.79 Å². The third kappa shape index (κ3) is 2.87. The predicted molar refractivity (Wildman–Crippen MR) is 69.8 cm³/mol. The van der Waals surface area contributed by atoms with E-state index in [1.165, 1.54) is 5.56 Å². The van der Waals surface area contributed by atoms with E-state index in [1.54, 1.807) is 0 Å². The molecule has 1 aliphatic carbocycles. The average Bonchev–Trinajstić information content (AvgIpc) is 3.16. The molecule has 2 rings (SSSR count). The van der Waals surface area contributed by atoms with Crippen molar-refractivity contribution in [3.8, 4) is 0 Å². The Balaban J connectivity index is 1.88. The van der Waals surface area contributed by atoms with Crippen molar-refractivity contribution in [3.05, 3.63) is 35.9 Å². The largest absolute Gasteiger partial charge is 0.346 e. The second-order valence-corrected chi connectivity index (χ2v) is 4.97. The van der Waals surface area contributed by atoms with Crippen LogP contribution in [0.25, 0.3) is 0 Å². The number of benzene rings is 1. The van der Waals surface area contributed by atoms with E-state index in [2.05, 4.69) is 31.2 Å². The zero-order valence-electron chi connectivity index (χ0n) is 10.7. The van der Waals surface area contributed by atoms with Gasteiger partial charge in [-0.1, -0.05) is 43.7 Å². The Labute approximate surface area is 104 Å². The first kappa shape index (κ1) is 12.2. The average molecular weight is 231 g/mol. The van der Waals surface area contributed by atoms with Crippen LogP contribution in [0.15, 0.2) is 30.3 Å². The molecule has 0 aliphatic heterocycles. The van der Waals surface area contributed by atoms with Gasteiger partial charge in [0.15, 0.2) is 0 Å². The Bertz CT molecular complexity index is 374. The smallest absolute Gasteiger partial charge is 0.226 e. The summed E-state index contributed by atoms with van der Waals surface area (Å²) in [5.41, 5.74) is 1.31. The highest BCUT2D eigenvalue weighted by molar-refractivity contribution is 5.82. The first-order chi connectivity index (χ1) is 8.24. The Morgan fingerprint density at radius 1 is 1.35 bits per heavy atom. The molecule has 0 heterocycles. The minimum absolute atomic E-state index is 0.235. The van der Waals surface area contributed by atoms with Crippen molar-refractivity contribution in [2.45, 2.75) is 32.1 Å². The molecular formula is C15H21NO. The maximum atomic E-state index is 12.1. The van der Waals surface area contributed by atoms with Crippen LogP contribution >= 0.6 is 0 Å². The molecule has 1 fully saturated rings. The van der Waals surface area contributed by atoms with Crippen LogP contribution in [-0.4, -0.2) is 24.4 Å². The molecule has 2 atom stereocenters. The summed E-state index contributed by atoms with van der Waals surface area (Å²) in [7, 11) is 1.93. The summed E-state index contributed by atoms with van der Waals surface area (Å²) in [6.07, 6.45) is 3.27. The van der Waals surface area contributed by atoms with Crippen LogP contribution < -0.4 is 0 Å². The predicted octanol–water partition coefficient (Wildman–Crippen LogP) is 3.05. The van der Waals surface area contributed by atoms with Gasteiger partial charge >= 0.3 is 0 Å². The number of amides is 1. The van der Waals surface area contributed by atoms with Crippen LogP contribution in [0.4, 0.5) is 0 Å². The third-order valence-corrected chi connectivity index (χ3v) is 3.56. The summed E-state index contributed by atoms with van der Waals surface area (Å²) in [5, 5.41) is 0. The summed E-state index contributed by atoms with van der Waals surface area (Å²) in [4.78, 5) is 14.0. The fourth-order valence-electron chi connectivity index (χ4n) is 2.33. The van der Waals surface area contributed by atoms with Gasteiger partial charge in [-0.3, -0.25) is 4.79 Å². The summed E-state index contributed by atoms with van der Waals surface area (Å²) >= 11 is 0. The van der Waals surface area contributed by atoms with Gasteiger partial charge in [-0.2, -0.15) is 0 Å². The molecule has 1 aliphatic rings. The molecular weight excluding hydrogens is 210 g/mol. The summed E-state index contributed by atoms with van der Waals surface area (Å²) < 4.78 is 0. The van der Waals surface area contributed by atoms with E-state index in [0.29, 0.717) is 11.8 Å². The van der Waals surface area contributed by atoms with Crippen molar-refractivity contribution in [1.82, 2.24) is 4.90 Å².